The molecule has 3 rings (SSSR count). The molecule has 0 saturated carbocycles. The number of carbonyl (C=O) groups excluding carboxylic acids is 3. The third-order valence-electron chi connectivity index (χ3n) is 4.79. The molecule has 1 aliphatic rings. The molecule has 0 aliphatic carbocycles. The number of para-hydroxylation sites is 1. The van der Waals surface area contributed by atoms with Gasteiger partial charge in [-0.25, -0.2) is 0 Å². The van der Waals surface area contributed by atoms with Gasteiger partial charge in [-0.15, -0.1) is 0 Å². The van der Waals surface area contributed by atoms with Crippen molar-refractivity contribution in [3.63, 3.8) is 0 Å². The van der Waals surface area contributed by atoms with Crippen LogP contribution in [0.1, 0.15) is 24.5 Å². The van der Waals surface area contributed by atoms with Crippen molar-refractivity contribution in [3.05, 3.63) is 59.7 Å². The van der Waals surface area contributed by atoms with E-state index in [4.69, 9.17) is 4.74 Å². The molecule has 1 atom stereocenters. The van der Waals surface area contributed by atoms with Crippen LogP contribution in [0.2, 0.25) is 0 Å². The van der Waals surface area contributed by atoms with E-state index in [-0.39, 0.29) is 25.5 Å². The predicted molar refractivity (Wildman–Crippen MR) is 107 cm³/mol. The van der Waals surface area contributed by atoms with Crippen LogP contribution < -0.4 is 10.2 Å². The van der Waals surface area contributed by atoms with Crippen molar-refractivity contribution in [2.45, 2.75) is 26.7 Å². The molecule has 1 N–H and O–H groups in total. The third kappa shape index (κ3) is 4.57. The van der Waals surface area contributed by atoms with Crippen LogP contribution >= 0.6 is 0 Å². The summed E-state index contributed by atoms with van der Waals surface area (Å²) in [5, 5.41) is 2.76. The number of aryl methyl sites for hydroxylation is 2. The van der Waals surface area contributed by atoms with Crippen molar-refractivity contribution in [1.29, 1.82) is 0 Å². The summed E-state index contributed by atoms with van der Waals surface area (Å²) in [6.45, 7) is 3.85. The smallest absolute Gasteiger partial charge is 0.311 e. The number of rotatable bonds is 6. The molecule has 2 aromatic carbocycles. The average molecular weight is 380 g/mol. The summed E-state index contributed by atoms with van der Waals surface area (Å²) >= 11 is 0. The highest BCUT2D eigenvalue weighted by Crippen LogP contribution is 2.26. The molecule has 6 nitrogen and oxygen atoms in total. The molecule has 0 radical (unpaired) electrons. The van der Waals surface area contributed by atoms with Gasteiger partial charge in [-0.2, -0.15) is 0 Å². The number of nitrogens with one attached hydrogen (secondary N) is 1. The van der Waals surface area contributed by atoms with Crippen LogP contribution in [0.15, 0.2) is 48.5 Å². The number of hydrogen-bond donors (Lipinski definition) is 1. The highest BCUT2D eigenvalue weighted by atomic mass is 16.5. The van der Waals surface area contributed by atoms with Crippen molar-refractivity contribution < 1.29 is 19.1 Å². The molecule has 0 spiro atoms. The zero-order chi connectivity index (χ0) is 20.1. The fraction of sp³-hybridized carbons (Fsp3) is 0.318. The van der Waals surface area contributed by atoms with Crippen molar-refractivity contribution in [2.24, 2.45) is 5.92 Å². The van der Waals surface area contributed by atoms with E-state index in [0.29, 0.717) is 5.69 Å². The second-order valence-corrected chi connectivity index (χ2v) is 6.91. The summed E-state index contributed by atoms with van der Waals surface area (Å²) < 4.78 is 5.16. The molecule has 1 aliphatic heterocycles. The molecule has 2 amide bonds. The summed E-state index contributed by atoms with van der Waals surface area (Å²) in [7, 11) is 0. The minimum Gasteiger partial charge on any atom is -0.455 e. The number of amides is 2. The molecule has 6 heteroatoms. The molecule has 0 unspecified atom stereocenters. The van der Waals surface area contributed by atoms with E-state index in [0.717, 1.165) is 23.2 Å². The Hall–Kier alpha value is -3.15. The predicted octanol–water partition coefficient (Wildman–Crippen LogP) is 3.09. The van der Waals surface area contributed by atoms with Crippen LogP contribution in [0, 0.1) is 12.8 Å². The van der Waals surface area contributed by atoms with Gasteiger partial charge in [0.2, 0.25) is 5.91 Å². The molecule has 146 valence electrons. The number of nitrogens with zero attached hydrogens (tertiary/aromatic N) is 1. The second-order valence-electron chi connectivity index (χ2n) is 6.91. The average Bonchev–Trinajstić information content (AvgIpc) is 3.08. The molecule has 1 heterocycles. The Balaban J connectivity index is 1.54. The van der Waals surface area contributed by atoms with Gasteiger partial charge in [-0.1, -0.05) is 37.3 Å². The maximum atomic E-state index is 12.3. The van der Waals surface area contributed by atoms with E-state index < -0.39 is 17.8 Å². The maximum absolute atomic E-state index is 12.3. The fourth-order valence-electron chi connectivity index (χ4n) is 3.30. The van der Waals surface area contributed by atoms with E-state index in [9.17, 15) is 14.4 Å². The van der Waals surface area contributed by atoms with Crippen molar-refractivity contribution in [2.75, 3.05) is 23.4 Å². The second kappa shape index (κ2) is 8.69. The maximum Gasteiger partial charge on any atom is 0.311 e. The third-order valence-corrected chi connectivity index (χ3v) is 4.79. The lowest BCUT2D eigenvalue weighted by Gasteiger charge is -2.17. The first-order valence-electron chi connectivity index (χ1n) is 9.39. The Kier molecular flexibility index (Phi) is 6.09. The van der Waals surface area contributed by atoms with Gasteiger partial charge in [-0.05, 0) is 42.7 Å². The fourth-order valence-corrected chi connectivity index (χ4v) is 3.30. The van der Waals surface area contributed by atoms with E-state index in [1.165, 1.54) is 0 Å². The standard InChI is InChI=1S/C22H24N2O4/c1-3-16-8-4-5-10-19(16)23-20(25)14-28-22(27)17-12-21(26)24(13-17)18-9-6-7-15(2)11-18/h4-11,17H,3,12-14H2,1-2H3,(H,23,25)/t17-/m0/s1. The van der Waals surface area contributed by atoms with Crippen molar-refractivity contribution in [3.8, 4) is 0 Å². The summed E-state index contributed by atoms with van der Waals surface area (Å²) in [6, 6.07) is 15.1. The molecule has 2 aromatic rings. The van der Waals surface area contributed by atoms with Gasteiger partial charge in [0.05, 0.1) is 5.92 Å². The monoisotopic (exact) mass is 380 g/mol. The summed E-state index contributed by atoms with van der Waals surface area (Å²) in [5.74, 6) is -1.60. The first-order chi connectivity index (χ1) is 13.5. The van der Waals surface area contributed by atoms with Crippen LogP contribution in [0.3, 0.4) is 0 Å². The van der Waals surface area contributed by atoms with Gasteiger partial charge in [-0.3, -0.25) is 14.4 Å². The van der Waals surface area contributed by atoms with Crippen LogP contribution in [-0.4, -0.2) is 30.9 Å². The molecular weight excluding hydrogens is 356 g/mol. The molecular formula is C22H24N2O4. The normalized spacial score (nSPS) is 16.1. The van der Waals surface area contributed by atoms with Gasteiger partial charge < -0.3 is 15.0 Å². The van der Waals surface area contributed by atoms with Crippen molar-refractivity contribution >= 4 is 29.2 Å². The summed E-state index contributed by atoms with van der Waals surface area (Å²) in [5.41, 5.74) is 3.54. The summed E-state index contributed by atoms with van der Waals surface area (Å²) in [4.78, 5) is 38.3. The zero-order valence-corrected chi connectivity index (χ0v) is 16.1. The highest BCUT2D eigenvalue weighted by Gasteiger charge is 2.36. The van der Waals surface area contributed by atoms with E-state index >= 15 is 0 Å². The topological polar surface area (TPSA) is 75.7 Å². The number of hydrogen-bond acceptors (Lipinski definition) is 4. The summed E-state index contributed by atoms with van der Waals surface area (Å²) in [6.07, 6.45) is 0.877. The molecule has 28 heavy (non-hydrogen) atoms. The van der Waals surface area contributed by atoms with Crippen LogP contribution in [0.5, 0.6) is 0 Å². The largest absolute Gasteiger partial charge is 0.455 e. The number of ether oxygens (including phenoxy) is 1. The van der Waals surface area contributed by atoms with E-state index in [1.54, 1.807) is 4.90 Å². The first kappa shape index (κ1) is 19.6. The quantitative estimate of drug-likeness (QED) is 0.782. The van der Waals surface area contributed by atoms with Gasteiger partial charge in [0, 0.05) is 24.3 Å². The minimum atomic E-state index is -0.566. The Morgan fingerprint density at radius 1 is 1.18 bits per heavy atom. The minimum absolute atomic E-state index is 0.0903. The SMILES string of the molecule is CCc1ccccc1NC(=O)COC(=O)[C@H]1CC(=O)N(c2cccc(C)c2)C1. The Labute approximate surface area is 164 Å². The van der Waals surface area contributed by atoms with Crippen LogP contribution in [-0.2, 0) is 25.5 Å². The Morgan fingerprint density at radius 3 is 2.71 bits per heavy atom. The van der Waals surface area contributed by atoms with Gasteiger partial charge >= 0.3 is 5.97 Å². The van der Waals surface area contributed by atoms with Crippen LogP contribution in [0.4, 0.5) is 11.4 Å². The number of carbonyl (C=O) groups is 3. The van der Waals surface area contributed by atoms with Crippen molar-refractivity contribution in [1.82, 2.24) is 0 Å². The van der Waals surface area contributed by atoms with Gasteiger partial charge in [0.25, 0.3) is 5.91 Å². The van der Waals surface area contributed by atoms with Gasteiger partial charge in [0.1, 0.15) is 0 Å². The van der Waals surface area contributed by atoms with E-state index in [1.807, 2.05) is 62.4 Å². The number of anilines is 2. The lowest BCUT2D eigenvalue weighted by molar-refractivity contribution is -0.151. The van der Waals surface area contributed by atoms with Crippen LogP contribution in [0.25, 0.3) is 0 Å². The molecule has 0 aromatic heterocycles. The number of benzene rings is 2. The molecule has 1 saturated heterocycles. The first-order valence-corrected chi connectivity index (χ1v) is 9.39. The molecule has 0 bridgehead atoms. The highest BCUT2D eigenvalue weighted by molar-refractivity contribution is 6.00. The van der Waals surface area contributed by atoms with E-state index in [2.05, 4.69) is 5.32 Å². The lowest BCUT2D eigenvalue weighted by Crippen LogP contribution is -2.28. The zero-order valence-electron chi connectivity index (χ0n) is 16.1. The Morgan fingerprint density at radius 2 is 1.96 bits per heavy atom. The van der Waals surface area contributed by atoms with Gasteiger partial charge in [0.15, 0.2) is 6.61 Å². The molecule has 1 fully saturated rings. The lowest BCUT2D eigenvalue weighted by atomic mass is 10.1. The number of esters is 1. The Bertz CT molecular complexity index is 894.